The summed E-state index contributed by atoms with van der Waals surface area (Å²) < 4.78 is 12.9. The normalized spacial score (nSPS) is 11.0. The van der Waals surface area contributed by atoms with Gasteiger partial charge in [0.05, 0.1) is 31.7 Å². The van der Waals surface area contributed by atoms with Gasteiger partial charge in [0.15, 0.2) is 11.5 Å². The molecule has 0 aliphatic carbocycles. The fourth-order valence-electron chi connectivity index (χ4n) is 4.17. The molecule has 3 aromatic rings. The number of benzene rings is 2. The molecular weight excluding hydrogens is 414 g/mol. The van der Waals surface area contributed by atoms with Crippen molar-refractivity contribution in [2.45, 2.75) is 64.8 Å². The molecule has 1 N–H and O–H groups in total. The summed E-state index contributed by atoms with van der Waals surface area (Å²) in [6, 6.07) is 13.9. The van der Waals surface area contributed by atoms with Crippen LogP contribution in [0.2, 0.25) is 0 Å². The molecule has 0 radical (unpaired) electrons. The summed E-state index contributed by atoms with van der Waals surface area (Å²) in [6.07, 6.45) is 8.62. The van der Waals surface area contributed by atoms with Crippen LogP contribution < -0.4 is 14.8 Å². The maximum Gasteiger partial charge on any atom is 0.224 e. The van der Waals surface area contributed by atoms with Crippen LogP contribution in [0.5, 0.6) is 11.5 Å². The third kappa shape index (κ3) is 6.98. The van der Waals surface area contributed by atoms with Gasteiger partial charge in [-0.25, -0.2) is 4.98 Å². The Morgan fingerprint density at radius 2 is 1.73 bits per heavy atom. The lowest BCUT2D eigenvalue weighted by Gasteiger charge is -2.11. The minimum Gasteiger partial charge on any atom is -0.493 e. The number of nitrogens with one attached hydrogen (secondary N) is 1. The van der Waals surface area contributed by atoms with Gasteiger partial charge in [0.2, 0.25) is 5.91 Å². The Balaban J connectivity index is 1.55. The van der Waals surface area contributed by atoms with Gasteiger partial charge in [0.25, 0.3) is 0 Å². The Hall–Kier alpha value is -3.02. The number of fused-ring (bicyclic) bond motifs is 1. The Bertz CT molecular complexity index is 1030. The molecule has 0 bridgehead atoms. The molecule has 2 aromatic carbocycles. The second kappa shape index (κ2) is 12.9. The summed E-state index contributed by atoms with van der Waals surface area (Å²) in [4.78, 5) is 17.3. The van der Waals surface area contributed by atoms with Crippen LogP contribution >= 0.6 is 0 Å². The molecule has 0 aliphatic heterocycles. The molecule has 0 unspecified atom stereocenters. The molecule has 0 saturated heterocycles. The molecule has 0 spiro atoms. The van der Waals surface area contributed by atoms with E-state index in [0.29, 0.717) is 30.9 Å². The van der Waals surface area contributed by atoms with E-state index < -0.39 is 0 Å². The minimum absolute atomic E-state index is 0.0131. The fraction of sp³-hybridized carbons (Fsp3) is 0.481. The third-order valence-corrected chi connectivity index (χ3v) is 5.95. The topological polar surface area (TPSA) is 65.4 Å². The first-order chi connectivity index (χ1) is 16.2. The van der Waals surface area contributed by atoms with Crippen molar-refractivity contribution >= 4 is 16.9 Å². The first-order valence-corrected chi connectivity index (χ1v) is 12.1. The van der Waals surface area contributed by atoms with Crippen molar-refractivity contribution in [3.8, 4) is 11.5 Å². The number of ether oxygens (including phenoxy) is 2. The molecule has 3 rings (SSSR count). The number of carbonyl (C=O) groups is 1. The average Bonchev–Trinajstić information content (AvgIpc) is 3.18. The quantitative estimate of drug-likeness (QED) is 0.337. The standard InChI is InChI=1S/C27H37N3O3/c1-4-5-6-7-8-11-18-30-23-13-10-9-12-22(23)29-26(30)16-17-28-27(31)20-21-14-15-24(32-2)25(19-21)33-3/h9-10,12-15,19H,4-8,11,16-18,20H2,1-3H3,(H,28,31). The molecular formula is C27H37N3O3. The van der Waals surface area contributed by atoms with Crippen LogP contribution in [0.25, 0.3) is 11.0 Å². The number of aromatic nitrogens is 2. The van der Waals surface area contributed by atoms with Crippen molar-refractivity contribution in [3.05, 3.63) is 53.9 Å². The number of hydrogen-bond acceptors (Lipinski definition) is 4. The zero-order valence-electron chi connectivity index (χ0n) is 20.2. The summed E-state index contributed by atoms with van der Waals surface area (Å²) in [6.45, 7) is 3.78. The maximum atomic E-state index is 12.5. The van der Waals surface area contributed by atoms with Gasteiger partial charge >= 0.3 is 0 Å². The lowest BCUT2D eigenvalue weighted by molar-refractivity contribution is -0.120. The number of nitrogens with zero attached hydrogens (tertiary/aromatic N) is 2. The number of carbonyl (C=O) groups excluding carboxylic acids is 1. The number of para-hydroxylation sites is 2. The maximum absolute atomic E-state index is 12.5. The van der Waals surface area contributed by atoms with E-state index in [1.807, 2.05) is 24.3 Å². The lowest BCUT2D eigenvalue weighted by atomic mass is 10.1. The van der Waals surface area contributed by atoms with Crippen LogP contribution in [0.1, 0.15) is 56.8 Å². The van der Waals surface area contributed by atoms with Gasteiger partial charge in [-0.15, -0.1) is 0 Å². The fourth-order valence-corrected chi connectivity index (χ4v) is 4.17. The van der Waals surface area contributed by atoms with Crippen molar-refractivity contribution in [1.29, 1.82) is 0 Å². The highest BCUT2D eigenvalue weighted by molar-refractivity contribution is 5.79. The average molecular weight is 452 g/mol. The van der Waals surface area contributed by atoms with Crippen molar-refractivity contribution < 1.29 is 14.3 Å². The number of rotatable bonds is 14. The van der Waals surface area contributed by atoms with Gasteiger partial charge < -0.3 is 19.4 Å². The van der Waals surface area contributed by atoms with Gasteiger partial charge in [-0.2, -0.15) is 0 Å². The van der Waals surface area contributed by atoms with E-state index in [9.17, 15) is 4.79 Å². The van der Waals surface area contributed by atoms with Crippen LogP contribution in [0, 0.1) is 0 Å². The number of imidazole rings is 1. The summed E-state index contributed by atoms with van der Waals surface area (Å²) in [5.74, 6) is 2.31. The summed E-state index contributed by atoms with van der Waals surface area (Å²) >= 11 is 0. The van der Waals surface area contributed by atoms with Gasteiger partial charge in [-0.05, 0) is 36.2 Å². The van der Waals surface area contributed by atoms with Gasteiger partial charge in [0, 0.05) is 19.5 Å². The van der Waals surface area contributed by atoms with Crippen molar-refractivity contribution in [3.63, 3.8) is 0 Å². The summed E-state index contributed by atoms with van der Waals surface area (Å²) in [5, 5.41) is 3.04. The predicted molar refractivity (Wildman–Crippen MR) is 133 cm³/mol. The molecule has 6 heteroatoms. The van der Waals surface area contributed by atoms with Gasteiger partial charge in [-0.1, -0.05) is 57.2 Å². The highest BCUT2D eigenvalue weighted by Gasteiger charge is 2.12. The first-order valence-electron chi connectivity index (χ1n) is 12.1. The Morgan fingerprint density at radius 1 is 0.970 bits per heavy atom. The summed E-state index contributed by atoms with van der Waals surface area (Å²) in [5.41, 5.74) is 3.09. The number of hydrogen-bond donors (Lipinski definition) is 1. The number of amides is 1. The Morgan fingerprint density at radius 3 is 2.52 bits per heavy atom. The smallest absolute Gasteiger partial charge is 0.224 e. The zero-order chi connectivity index (χ0) is 23.5. The van der Waals surface area contributed by atoms with E-state index in [-0.39, 0.29) is 5.91 Å². The van der Waals surface area contributed by atoms with Crippen LogP contribution in [-0.2, 0) is 24.2 Å². The van der Waals surface area contributed by atoms with Crippen molar-refractivity contribution in [1.82, 2.24) is 14.9 Å². The molecule has 33 heavy (non-hydrogen) atoms. The van der Waals surface area contributed by atoms with E-state index in [0.717, 1.165) is 29.9 Å². The van der Waals surface area contributed by atoms with E-state index in [1.165, 1.54) is 37.6 Å². The molecule has 1 heterocycles. The SMILES string of the molecule is CCCCCCCCn1c(CCNC(=O)Cc2ccc(OC)c(OC)c2)nc2ccccc21. The second-order valence-electron chi connectivity index (χ2n) is 8.40. The van der Waals surface area contributed by atoms with Crippen LogP contribution in [-0.4, -0.2) is 36.2 Å². The molecule has 0 fully saturated rings. The van der Waals surface area contributed by atoms with E-state index in [4.69, 9.17) is 14.5 Å². The highest BCUT2D eigenvalue weighted by Crippen LogP contribution is 2.27. The zero-order valence-corrected chi connectivity index (χ0v) is 20.2. The Labute approximate surface area is 197 Å². The lowest BCUT2D eigenvalue weighted by Crippen LogP contribution is -2.28. The predicted octanol–water partition coefficient (Wildman–Crippen LogP) is 5.32. The third-order valence-electron chi connectivity index (χ3n) is 5.95. The summed E-state index contributed by atoms with van der Waals surface area (Å²) in [7, 11) is 3.20. The number of unbranched alkanes of at least 4 members (excludes halogenated alkanes) is 5. The van der Waals surface area contributed by atoms with Gasteiger partial charge in [-0.3, -0.25) is 4.79 Å². The molecule has 178 valence electrons. The number of aryl methyl sites for hydroxylation is 1. The van der Waals surface area contributed by atoms with Crippen molar-refractivity contribution in [2.24, 2.45) is 0 Å². The molecule has 0 saturated carbocycles. The number of methoxy groups -OCH3 is 2. The van der Waals surface area contributed by atoms with Crippen molar-refractivity contribution in [2.75, 3.05) is 20.8 Å². The second-order valence-corrected chi connectivity index (χ2v) is 8.40. The van der Waals surface area contributed by atoms with E-state index >= 15 is 0 Å². The van der Waals surface area contributed by atoms with E-state index in [1.54, 1.807) is 14.2 Å². The molecule has 1 amide bonds. The van der Waals surface area contributed by atoms with E-state index in [2.05, 4.69) is 35.0 Å². The largest absolute Gasteiger partial charge is 0.493 e. The van der Waals surface area contributed by atoms with Gasteiger partial charge in [0.1, 0.15) is 5.82 Å². The molecule has 0 aliphatic rings. The van der Waals surface area contributed by atoms with Crippen LogP contribution in [0.15, 0.2) is 42.5 Å². The Kier molecular flexibility index (Phi) is 9.60. The van der Waals surface area contributed by atoms with Crippen LogP contribution in [0.4, 0.5) is 0 Å². The first kappa shape index (κ1) is 24.6. The molecule has 0 atom stereocenters. The molecule has 6 nitrogen and oxygen atoms in total. The molecule has 1 aromatic heterocycles. The minimum atomic E-state index is -0.0131. The van der Waals surface area contributed by atoms with Crippen LogP contribution in [0.3, 0.4) is 0 Å². The monoisotopic (exact) mass is 451 g/mol. The highest BCUT2D eigenvalue weighted by atomic mass is 16.5.